The maximum absolute atomic E-state index is 12.4. The van der Waals surface area contributed by atoms with Crippen molar-refractivity contribution in [2.24, 2.45) is 0 Å². The number of anilines is 1. The zero-order valence-corrected chi connectivity index (χ0v) is 11.4. The number of hydrogen-bond acceptors (Lipinski definition) is 3. The van der Waals surface area contributed by atoms with E-state index in [1.807, 2.05) is 18.2 Å². The molecule has 3 rings (SSSR count). The third-order valence-electron chi connectivity index (χ3n) is 3.97. The number of nitrogens with zero attached hydrogens (tertiary/aromatic N) is 1. The Morgan fingerprint density at radius 3 is 3.05 bits per heavy atom. The van der Waals surface area contributed by atoms with Gasteiger partial charge in [-0.3, -0.25) is 9.59 Å². The Kier molecular flexibility index (Phi) is 3.58. The molecular weight excluding hydrogens is 254 g/mol. The number of amides is 2. The van der Waals surface area contributed by atoms with Crippen molar-refractivity contribution in [3.8, 4) is 0 Å². The molecule has 1 fully saturated rings. The first-order chi connectivity index (χ1) is 9.74. The number of para-hydroxylation sites is 1. The number of carbonyl (C=O) groups excluding carboxylic acids is 2. The van der Waals surface area contributed by atoms with Gasteiger partial charge in [-0.05, 0) is 18.1 Å². The van der Waals surface area contributed by atoms with Gasteiger partial charge in [0.1, 0.15) is 0 Å². The van der Waals surface area contributed by atoms with E-state index in [1.165, 1.54) is 5.56 Å². The zero-order chi connectivity index (χ0) is 13.9. The molecule has 106 valence electrons. The lowest BCUT2D eigenvalue weighted by Gasteiger charge is -2.21. The SMILES string of the molecule is O=C1CN(C(=O)CC2CNc3ccccc32)CCCN1. The molecule has 0 saturated carbocycles. The van der Waals surface area contributed by atoms with Crippen molar-refractivity contribution >= 4 is 17.5 Å². The second kappa shape index (κ2) is 5.53. The molecule has 0 bridgehead atoms. The predicted molar refractivity (Wildman–Crippen MR) is 76.5 cm³/mol. The maximum atomic E-state index is 12.4. The van der Waals surface area contributed by atoms with Gasteiger partial charge in [-0.15, -0.1) is 0 Å². The molecule has 2 aliphatic heterocycles. The van der Waals surface area contributed by atoms with Crippen LogP contribution in [0, 0.1) is 0 Å². The molecule has 2 aliphatic rings. The molecule has 1 saturated heterocycles. The monoisotopic (exact) mass is 273 g/mol. The van der Waals surface area contributed by atoms with E-state index < -0.39 is 0 Å². The van der Waals surface area contributed by atoms with Crippen molar-refractivity contribution in [1.82, 2.24) is 10.2 Å². The van der Waals surface area contributed by atoms with E-state index in [2.05, 4.69) is 16.7 Å². The molecule has 2 heterocycles. The summed E-state index contributed by atoms with van der Waals surface area (Å²) in [5.41, 5.74) is 2.33. The van der Waals surface area contributed by atoms with E-state index in [0.717, 1.165) is 18.7 Å². The van der Waals surface area contributed by atoms with Crippen molar-refractivity contribution < 1.29 is 9.59 Å². The third-order valence-corrected chi connectivity index (χ3v) is 3.97. The van der Waals surface area contributed by atoms with Gasteiger partial charge in [0.25, 0.3) is 0 Å². The summed E-state index contributed by atoms with van der Waals surface area (Å²) in [5, 5.41) is 6.12. The highest BCUT2D eigenvalue weighted by Crippen LogP contribution is 2.33. The Bertz CT molecular complexity index is 530. The van der Waals surface area contributed by atoms with Gasteiger partial charge in [0, 0.05) is 37.7 Å². The van der Waals surface area contributed by atoms with Crippen LogP contribution < -0.4 is 10.6 Å². The molecule has 0 spiro atoms. The van der Waals surface area contributed by atoms with Gasteiger partial charge in [-0.1, -0.05) is 18.2 Å². The second-order valence-corrected chi connectivity index (χ2v) is 5.39. The van der Waals surface area contributed by atoms with Crippen molar-refractivity contribution in [1.29, 1.82) is 0 Å². The van der Waals surface area contributed by atoms with Crippen LogP contribution in [0.5, 0.6) is 0 Å². The van der Waals surface area contributed by atoms with Crippen LogP contribution in [0.3, 0.4) is 0 Å². The van der Waals surface area contributed by atoms with Gasteiger partial charge in [-0.25, -0.2) is 0 Å². The van der Waals surface area contributed by atoms with Gasteiger partial charge in [-0.2, -0.15) is 0 Å². The molecule has 5 nitrogen and oxygen atoms in total. The molecule has 1 aromatic carbocycles. The van der Waals surface area contributed by atoms with Crippen LogP contribution in [0.2, 0.25) is 0 Å². The number of hydrogen-bond donors (Lipinski definition) is 2. The van der Waals surface area contributed by atoms with Crippen molar-refractivity contribution in [2.45, 2.75) is 18.8 Å². The molecule has 1 unspecified atom stereocenters. The Morgan fingerprint density at radius 2 is 2.15 bits per heavy atom. The molecular formula is C15H19N3O2. The molecule has 0 radical (unpaired) electrons. The first kappa shape index (κ1) is 13.0. The fraction of sp³-hybridized carbons (Fsp3) is 0.467. The molecule has 2 N–H and O–H groups in total. The van der Waals surface area contributed by atoms with Gasteiger partial charge in [0.15, 0.2) is 0 Å². The van der Waals surface area contributed by atoms with E-state index >= 15 is 0 Å². The minimum atomic E-state index is -0.0548. The normalized spacial score (nSPS) is 21.7. The average Bonchev–Trinajstić information content (AvgIpc) is 2.72. The molecule has 2 amide bonds. The lowest BCUT2D eigenvalue weighted by molar-refractivity contribution is -0.135. The van der Waals surface area contributed by atoms with Crippen LogP contribution in [-0.4, -0.2) is 42.9 Å². The van der Waals surface area contributed by atoms with Crippen molar-refractivity contribution in [2.75, 3.05) is 31.5 Å². The molecule has 0 aliphatic carbocycles. The van der Waals surface area contributed by atoms with Crippen LogP contribution in [0.4, 0.5) is 5.69 Å². The summed E-state index contributed by atoms with van der Waals surface area (Å²) in [7, 11) is 0. The van der Waals surface area contributed by atoms with Crippen LogP contribution in [0.15, 0.2) is 24.3 Å². The summed E-state index contributed by atoms with van der Waals surface area (Å²) >= 11 is 0. The van der Waals surface area contributed by atoms with Gasteiger partial charge < -0.3 is 15.5 Å². The van der Waals surface area contributed by atoms with Crippen molar-refractivity contribution in [3.05, 3.63) is 29.8 Å². The molecule has 1 atom stereocenters. The first-order valence-corrected chi connectivity index (χ1v) is 7.11. The summed E-state index contributed by atoms with van der Waals surface area (Å²) < 4.78 is 0. The number of rotatable bonds is 2. The van der Waals surface area contributed by atoms with Crippen LogP contribution in [-0.2, 0) is 9.59 Å². The zero-order valence-electron chi connectivity index (χ0n) is 11.4. The maximum Gasteiger partial charge on any atom is 0.239 e. The molecule has 20 heavy (non-hydrogen) atoms. The second-order valence-electron chi connectivity index (χ2n) is 5.39. The Labute approximate surface area is 118 Å². The summed E-state index contributed by atoms with van der Waals surface area (Å²) in [6, 6.07) is 8.11. The molecule has 1 aromatic rings. The van der Waals surface area contributed by atoms with Gasteiger partial charge in [0.2, 0.25) is 11.8 Å². The quantitative estimate of drug-likeness (QED) is 0.843. The molecule has 5 heteroatoms. The van der Waals surface area contributed by atoms with Gasteiger partial charge in [0.05, 0.1) is 6.54 Å². The largest absolute Gasteiger partial charge is 0.384 e. The third kappa shape index (κ3) is 2.61. The van der Waals surface area contributed by atoms with Gasteiger partial charge >= 0.3 is 0 Å². The van der Waals surface area contributed by atoms with Crippen LogP contribution in [0.25, 0.3) is 0 Å². The first-order valence-electron chi connectivity index (χ1n) is 7.11. The Balaban J connectivity index is 1.66. The predicted octanol–water partition coefficient (Wildman–Crippen LogP) is 0.934. The topological polar surface area (TPSA) is 61.4 Å². The van der Waals surface area contributed by atoms with E-state index in [9.17, 15) is 9.59 Å². The summed E-state index contributed by atoms with van der Waals surface area (Å²) in [5.74, 6) is 0.233. The van der Waals surface area contributed by atoms with Crippen LogP contribution in [0.1, 0.15) is 24.3 Å². The molecule has 0 aromatic heterocycles. The highest BCUT2D eigenvalue weighted by molar-refractivity contribution is 5.85. The smallest absolute Gasteiger partial charge is 0.239 e. The number of carbonyl (C=O) groups is 2. The number of fused-ring (bicyclic) bond motifs is 1. The van der Waals surface area contributed by atoms with E-state index in [4.69, 9.17) is 0 Å². The fourth-order valence-electron chi connectivity index (χ4n) is 2.90. The lowest BCUT2D eigenvalue weighted by Crippen LogP contribution is -2.38. The summed E-state index contributed by atoms with van der Waals surface area (Å²) in [6.45, 7) is 2.32. The lowest BCUT2D eigenvalue weighted by atomic mass is 9.97. The highest BCUT2D eigenvalue weighted by atomic mass is 16.2. The average molecular weight is 273 g/mol. The van der Waals surface area contributed by atoms with Crippen LogP contribution >= 0.6 is 0 Å². The minimum absolute atomic E-state index is 0.0548. The Hall–Kier alpha value is -2.04. The van der Waals surface area contributed by atoms with E-state index in [0.29, 0.717) is 19.5 Å². The Morgan fingerprint density at radius 1 is 1.30 bits per heavy atom. The van der Waals surface area contributed by atoms with E-state index in [1.54, 1.807) is 4.90 Å². The number of benzene rings is 1. The van der Waals surface area contributed by atoms with E-state index in [-0.39, 0.29) is 24.3 Å². The highest BCUT2D eigenvalue weighted by Gasteiger charge is 2.27. The van der Waals surface area contributed by atoms with Crippen molar-refractivity contribution in [3.63, 3.8) is 0 Å². The number of nitrogens with one attached hydrogen (secondary N) is 2. The standard InChI is InChI=1S/C15H19N3O2/c19-14-10-18(7-3-6-16-14)15(20)8-11-9-17-13-5-2-1-4-12(11)13/h1-2,4-5,11,17H,3,6-10H2,(H,16,19). The minimum Gasteiger partial charge on any atom is -0.384 e. The summed E-state index contributed by atoms with van der Waals surface area (Å²) in [4.78, 5) is 25.6. The summed E-state index contributed by atoms with van der Waals surface area (Å²) in [6.07, 6.45) is 1.30. The fourth-order valence-corrected chi connectivity index (χ4v) is 2.90.